The van der Waals surface area contributed by atoms with E-state index in [-0.39, 0.29) is 5.56 Å². The third-order valence-electron chi connectivity index (χ3n) is 2.71. The maximum absolute atomic E-state index is 11.9. The number of rotatable bonds is 3. The van der Waals surface area contributed by atoms with Crippen molar-refractivity contribution < 1.29 is 9.53 Å². The first-order valence-corrected chi connectivity index (χ1v) is 7.36. The predicted molar refractivity (Wildman–Crippen MR) is 89.6 cm³/mol. The summed E-state index contributed by atoms with van der Waals surface area (Å²) in [4.78, 5) is 11.9. The Morgan fingerprint density at radius 1 is 1.29 bits per heavy atom. The van der Waals surface area contributed by atoms with Crippen LogP contribution in [0.4, 0.5) is 17.1 Å². The number of halogens is 3. The highest BCUT2D eigenvalue weighted by Crippen LogP contribution is 2.35. The Hall–Kier alpha value is -1.43. The standard InChI is InChI=1S/C14H11BrCl2N2O2/c1-21-14(20)9-5-8(18)6-11(17)13(9)19-12-4-7(16)2-3-10(12)15/h2-6,19H,18H2,1H3. The number of hydrogen-bond donors (Lipinski definition) is 2. The number of nitrogens with two attached hydrogens (primary N) is 1. The molecule has 3 N–H and O–H groups in total. The molecule has 0 aliphatic heterocycles. The van der Waals surface area contributed by atoms with Gasteiger partial charge in [-0.2, -0.15) is 0 Å². The van der Waals surface area contributed by atoms with E-state index in [1.165, 1.54) is 13.2 Å². The van der Waals surface area contributed by atoms with Gasteiger partial charge < -0.3 is 15.8 Å². The highest BCUT2D eigenvalue weighted by Gasteiger charge is 2.17. The Bertz CT molecular complexity index is 708. The topological polar surface area (TPSA) is 64.3 Å². The summed E-state index contributed by atoms with van der Waals surface area (Å²) in [5.41, 5.74) is 7.40. The molecule has 21 heavy (non-hydrogen) atoms. The van der Waals surface area contributed by atoms with Crippen LogP contribution >= 0.6 is 39.1 Å². The van der Waals surface area contributed by atoms with Crippen LogP contribution in [-0.2, 0) is 4.74 Å². The highest BCUT2D eigenvalue weighted by atomic mass is 79.9. The predicted octanol–water partition coefficient (Wildman–Crippen LogP) is 4.87. The van der Waals surface area contributed by atoms with E-state index in [0.717, 1.165) is 4.47 Å². The number of anilines is 3. The first kappa shape index (κ1) is 15.9. The van der Waals surface area contributed by atoms with Crippen molar-refractivity contribution in [2.45, 2.75) is 0 Å². The molecule has 0 saturated heterocycles. The monoisotopic (exact) mass is 388 g/mol. The second kappa shape index (κ2) is 6.56. The summed E-state index contributed by atoms with van der Waals surface area (Å²) in [6.07, 6.45) is 0. The first-order valence-electron chi connectivity index (χ1n) is 5.81. The molecule has 2 aromatic carbocycles. The fourth-order valence-corrected chi connectivity index (χ4v) is 2.55. The number of benzene rings is 2. The number of methoxy groups -OCH3 is 1. The third-order valence-corrected chi connectivity index (χ3v) is 3.93. The fourth-order valence-electron chi connectivity index (χ4n) is 1.75. The van der Waals surface area contributed by atoms with E-state index in [0.29, 0.717) is 27.1 Å². The fraction of sp³-hybridized carbons (Fsp3) is 0.0714. The number of nitrogens with one attached hydrogen (secondary N) is 1. The molecule has 2 rings (SSSR count). The zero-order valence-electron chi connectivity index (χ0n) is 10.9. The number of carbonyl (C=O) groups excluding carboxylic acids is 1. The molecule has 0 unspecified atom stereocenters. The van der Waals surface area contributed by atoms with Crippen LogP contribution in [0.5, 0.6) is 0 Å². The van der Waals surface area contributed by atoms with Gasteiger partial charge in [-0.05, 0) is 46.3 Å². The Morgan fingerprint density at radius 3 is 2.67 bits per heavy atom. The van der Waals surface area contributed by atoms with E-state index in [2.05, 4.69) is 21.2 Å². The normalized spacial score (nSPS) is 10.3. The first-order chi connectivity index (χ1) is 9.92. The molecular formula is C14H11BrCl2N2O2. The molecule has 0 amide bonds. The maximum atomic E-state index is 11.9. The van der Waals surface area contributed by atoms with Gasteiger partial charge >= 0.3 is 5.97 Å². The Kier molecular flexibility index (Phi) is 4.98. The van der Waals surface area contributed by atoms with Gasteiger partial charge in [-0.1, -0.05) is 23.2 Å². The van der Waals surface area contributed by atoms with Crippen molar-refractivity contribution in [3.05, 3.63) is 50.4 Å². The quantitative estimate of drug-likeness (QED) is 0.580. The van der Waals surface area contributed by atoms with Gasteiger partial charge in [0.1, 0.15) is 0 Å². The lowest BCUT2D eigenvalue weighted by molar-refractivity contribution is 0.0602. The van der Waals surface area contributed by atoms with Crippen molar-refractivity contribution in [2.75, 3.05) is 18.2 Å². The average Bonchev–Trinajstić information content (AvgIpc) is 2.44. The average molecular weight is 390 g/mol. The summed E-state index contributed by atoms with van der Waals surface area (Å²) in [5.74, 6) is -0.537. The smallest absolute Gasteiger partial charge is 0.340 e. The van der Waals surface area contributed by atoms with E-state index in [9.17, 15) is 4.79 Å². The second-order valence-corrected chi connectivity index (χ2v) is 5.86. The summed E-state index contributed by atoms with van der Waals surface area (Å²) in [5, 5.41) is 3.93. The van der Waals surface area contributed by atoms with Crippen molar-refractivity contribution in [3.63, 3.8) is 0 Å². The lowest BCUT2D eigenvalue weighted by atomic mass is 10.1. The van der Waals surface area contributed by atoms with Gasteiger partial charge in [0.2, 0.25) is 0 Å². The Labute approximate surface area is 140 Å². The number of carbonyl (C=O) groups is 1. The van der Waals surface area contributed by atoms with Crippen LogP contribution in [0.1, 0.15) is 10.4 Å². The summed E-state index contributed by atoms with van der Waals surface area (Å²) < 4.78 is 5.52. The van der Waals surface area contributed by atoms with Crippen LogP contribution in [0.3, 0.4) is 0 Å². The van der Waals surface area contributed by atoms with Crippen molar-refractivity contribution >= 4 is 62.2 Å². The third kappa shape index (κ3) is 3.61. The van der Waals surface area contributed by atoms with Gasteiger partial charge in [0.05, 0.1) is 29.1 Å². The molecule has 0 bridgehead atoms. The van der Waals surface area contributed by atoms with E-state index in [1.54, 1.807) is 24.3 Å². The molecule has 0 saturated carbocycles. The van der Waals surface area contributed by atoms with Crippen LogP contribution in [0.2, 0.25) is 10.0 Å². The molecule has 0 atom stereocenters. The number of esters is 1. The van der Waals surface area contributed by atoms with Gasteiger partial charge in [0.15, 0.2) is 0 Å². The van der Waals surface area contributed by atoms with E-state index < -0.39 is 5.97 Å². The van der Waals surface area contributed by atoms with Gasteiger partial charge in [-0.3, -0.25) is 0 Å². The van der Waals surface area contributed by atoms with Crippen LogP contribution in [-0.4, -0.2) is 13.1 Å². The molecule has 0 aliphatic carbocycles. The minimum absolute atomic E-state index is 0.245. The molecule has 0 aromatic heterocycles. The van der Waals surface area contributed by atoms with Crippen molar-refractivity contribution in [1.29, 1.82) is 0 Å². The molecule has 2 aromatic rings. The molecule has 0 radical (unpaired) electrons. The largest absolute Gasteiger partial charge is 0.465 e. The number of nitrogen functional groups attached to an aromatic ring is 1. The van der Waals surface area contributed by atoms with Crippen molar-refractivity contribution in [1.82, 2.24) is 0 Å². The number of ether oxygens (including phenoxy) is 1. The number of hydrogen-bond acceptors (Lipinski definition) is 4. The zero-order chi connectivity index (χ0) is 15.6. The van der Waals surface area contributed by atoms with Crippen LogP contribution in [0.25, 0.3) is 0 Å². The van der Waals surface area contributed by atoms with E-state index in [4.69, 9.17) is 33.7 Å². The van der Waals surface area contributed by atoms with E-state index in [1.807, 2.05) is 0 Å². The molecule has 0 fully saturated rings. The van der Waals surface area contributed by atoms with Gasteiger partial charge in [-0.25, -0.2) is 4.79 Å². The molecule has 4 nitrogen and oxygen atoms in total. The molecule has 7 heteroatoms. The summed E-state index contributed by atoms with van der Waals surface area (Å²) in [7, 11) is 1.29. The highest BCUT2D eigenvalue weighted by molar-refractivity contribution is 9.10. The van der Waals surface area contributed by atoms with Crippen LogP contribution in [0, 0.1) is 0 Å². The lowest BCUT2D eigenvalue weighted by Crippen LogP contribution is -2.07. The minimum atomic E-state index is -0.537. The van der Waals surface area contributed by atoms with Crippen molar-refractivity contribution in [3.8, 4) is 0 Å². The Morgan fingerprint density at radius 2 is 2.00 bits per heavy atom. The minimum Gasteiger partial charge on any atom is -0.465 e. The molecule has 0 aliphatic rings. The van der Waals surface area contributed by atoms with Crippen LogP contribution < -0.4 is 11.1 Å². The van der Waals surface area contributed by atoms with Crippen molar-refractivity contribution in [2.24, 2.45) is 0 Å². The van der Waals surface area contributed by atoms with Gasteiger partial charge in [0.25, 0.3) is 0 Å². The SMILES string of the molecule is COC(=O)c1cc(N)cc(Cl)c1Nc1cc(Cl)ccc1Br. The van der Waals surface area contributed by atoms with Gasteiger partial charge in [0, 0.05) is 15.2 Å². The maximum Gasteiger partial charge on any atom is 0.340 e. The van der Waals surface area contributed by atoms with Gasteiger partial charge in [-0.15, -0.1) is 0 Å². The van der Waals surface area contributed by atoms with Crippen LogP contribution in [0.15, 0.2) is 34.8 Å². The molecule has 0 heterocycles. The molecule has 110 valence electrons. The molecular weight excluding hydrogens is 379 g/mol. The lowest BCUT2D eigenvalue weighted by Gasteiger charge is -2.15. The molecule has 0 spiro atoms. The summed E-state index contributed by atoms with van der Waals surface area (Å²) in [6, 6.07) is 8.28. The van der Waals surface area contributed by atoms with E-state index >= 15 is 0 Å². The summed E-state index contributed by atoms with van der Waals surface area (Å²) in [6.45, 7) is 0. The summed E-state index contributed by atoms with van der Waals surface area (Å²) >= 11 is 15.6. The zero-order valence-corrected chi connectivity index (χ0v) is 14.0. The Balaban J connectivity index is 2.53. The second-order valence-electron chi connectivity index (χ2n) is 4.17.